The summed E-state index contributed by atoms with van der Waals surface area (Å²) in [4.78, 5) is 8.99. The summed E-state index contributed by atoms with van der Waals surface area (Å²) in [6.45, 7) is 10.4. The van der Waals surface area contributed by atoms with Crippen LogP contribution in [0.15, 0.2) is 36.4 Å². The highest BCUT2D eigenvalue weighted by molar-refractivity contribution is 5.44. The first-order valence-electron chi connectivity index (χ1n) is 7.29. The molecule has 1 atom stereocenters. The van der Waals surface area contributed by atoms with Gasteiger partial charge in [-0.3, -0.25) is 0 Å². The van der Waals surface area contributed by atoms with Crippen molar-refractivity contribution in [2.75, 3.05) is 10.6 Å². The zero-order chi connectivity index (χ0) is 15.5. The van der Waals surface area contributed by atoms with Gasteiger partial charge in [0.15, 0.2) is 0 Å². The van der Waals surface area contributed by atoms with E-state index in [1.165, 1.54) is 5.56 Å². The Kier molecular flexibility index (Phi) is 4.46. The van der Waals surface area contributed by atoms with Crippen LogP contribution in [0, 0.1) is 6.92 Å². The minimum atomic E-state index is -0.0594. The highest BCUT2D eigenvalue weighted by Crippen LogP contribution is 2.20. The van der Waals surface area contributed by atoms with Crippen LogP contribution >= 0.6 is 0 Å². The van der Waals surface area contributed by atoms with Gasteiger partial charge in [0.2, 0.25) is 5.95 Å². The molecule has 0 amide bonds. The van der Waals surface area contributed by atoms with E-state index >= 15 is 0 Å². The maximum atomic E-state index is 4.55. The fourth-order valence-electron chi connectivity index (χ4n) is 2.08. The minimum absolute atomic E-state index is 0.0594. The van der Waals surface area contributed by atoms with Crippen LogP contribution < -0.4 is 10.6 Å². The zero-order valence-corrected chi connectivity index (χ0v) is 13.4. The van der Waals surface area contributed by atoms with Gasteiger partial charge < -0.3 is 10.6 Å². The molecule has 0 saturated carbocycles. The summed E-state index contributed by atoms with van der Waals surface area (Å²) in [6, 6.07) is 12.5. The lowest BCUT2D eigenvalue weighted by Crippen LogP contribution is -2.27. The van der Waals surface area contributed by atoms with Crippen molar-refractivity contribution >= 4 is 11.8 Å². The smallest absolute Gasteiger partial charge is 0.225 e. The van der Waals surface area contributed by atoms with Crippen molar-refractivity contribution in [2.45, 2.75) is 46.2 Å². The van der Waals surface area contributed by atoms with E-state index in [1.54, 1.807) is 0 Å². The SMILES string of the molecule is Cc1cc(NC(C)c2ccccc2)nc(NC(C)(C)C)n1. The molecule has 0 aliphatic heterocycles. The largest absolute Gasteiger partial charge is 0.363 e. The predicted octanol–water partition coefficient (Wildman–Crippen LogP) is 4.17. The summed E-state index contributed by atoms with van der Waals surface area (Å²) in [5.74, 6) is 1.50. The number of hydrogen-bond acceptors (Lipinski definition) is 4. The van der Waals surface area contributed by atoms with Crippen molar-refractivity contribution in [3.8, 4) is 0 Å². The molecule has 0 saturated heterocycles. The molecule has 0 aliphatic carbocycles. The van der Waals surface area contributed by atoms with Gasteiger partial charge in [-0.25, -0.2) is 4.98 Å². The van der Waals surface area contributed by atoms with E-state index < -0.39 is 0 Å². The fourth-order valence-corrected chi connectivity index (χ4v) is 2.08. The van der Waals surface area contributed by atoms with Crippen LogP contribution in [0.5, 0.6) is 0 Å². The first-order valence-corrected chi connectivity index (χ1v) is 7.29. The number of nitrogens with one attached hydrogen (secondary N) is 2. The van der Waals surface area contributed by atoms with E-state index in [1.807, 2.05) is 31.2 Å². The summed E-state index contributed by atoms with van der Waals surface area (Å²) < 4.78 is 0. The maximum absolute atomic E-state index is 4.55. The number of aryl methyl sites for hydroxylation is 1. The molecule has 1 unspecified atom stereocenters. The Morgan fingerprint density at radius 1 is 1.05 bits per heavy atom. The Morgan fingerprint density at radius 2 is 1.71 bits per heavy atom. The van der Waals surface area contributed by atoms with E-state index in [2.05, 4.69) is 60.4 Å². The van der Waals surface area contributed by atoms with Gasteiger partial charge >= 0.3 is 0 Å². The van der Waals surface area contributed by atoms with Crippen molar-refractivity contribution in [2.24, 2.45) is 0 Å². The highest BCUT2D eigenvalue weighted by Gasteiger charge is 2.13. The van der Waals surface area contributed by atoms with Gasteiger partial charge in [-0.15, -0.1) is 0 Å². The van der Waals surface area contributed by atoms with Crippen LogP contribution in [0.25, 0.3) is 0 Å². The number of anilines is 2. The second kappa shape index (κ2) is 6.12. The van der Waals surface area contributed by atoms with Crippen molar-refractivity contribution in [1.29, 1.82) is 0 Å². The fraction of sp³-hybridized carbons (Fsp3) is 0.412. The predicted molar refractivity (Wildman–Crippen MR) is 88.6 cm³/mol. The molecule has 0 spiro atoms. The monoisotopic (exact) mass is 284 g/mol. The molecule has 1 aromatic carbocycles. The molecule has 0 bridgehead atoms. The number of hydrogen-bond donors (Lipinski definition) is 2. The zero-order valence-electron chi connectivity index (χ0n) is 13.4. The Morgan fingerprint density at radius 3 is 2.33 bits per heavy atom. The summed E-state index contributed by atoms with van der Waals surface area (Å²) in [5, 5.41) is 6.75. The lowest BCUT2D eigenvalue weighted by atomic mass is 10.1. The van der Waals surface area contributed by atoms with E-state index in [9.17, 15) is 0 Å². The van der Waals surface area contributed by atoms with Crippen LogP contribution in [0.2, 0.25) is 0 Å². The normalized spacial score (nSPS) is 12.8. The lowest BCUT2D eigenvalue weighted by Gasteiger charge is -2.22. The van der Waals surface area contributed by atoms with Gasteiger partial charge in [0.1, 0.15) is 5.82 Å². The average molecular weight is 284 g/mol. The number of aromatic nitrogens is 2. The van der Waals surface area contributed by atoms with Crippen LogP contribution in [0.1, 0.15) is 45.0 Å². The summed E-state index contributed by atoms with van der Waals surface area (Å²) in [5.41, 5.74) is 2.12. The first-order chi connectivity index (χ1) is 9.83. The first kappa shape index (κ1) is 15.3. The van der Waals surface area contributed by atoms with Crippen LogP contribution in [0.3, 0.4) is 0 Å². The van der Waals surface area contributed by atoms with Crippen molar-refractivity contribution < 1.29 is 0 Å². The van der Waals surface area contributed by atoms with Crippen molar-refractivity contribution in [3.63, 3.8) is 0 Å². The van der Waals surface area contributed by atoms with Crippen molar-refractivity contribution in [1.82, 2.24) is 9.97 Å². The molecule has 2 N–H and O–H groups in total. The average Bonchev–Trinajstić information content (AvgIpc) is 2.36. The van der Waals surface area contributed by atoms with Crippen LogP contribution in [-0.4, -0.2) is 15.5 Å². The molecule has 21 heavy (non-hydrogen) atoms. The summed E-state index contributed by atoms with van der Waals surface area (Å²) in [7, 11) is 0. The third-order valence-corrected chi connectivity index (χ3v) is 3.00. The molecular weight excluding hydrogens is 260 g/mol. The second-order valence-electron chi connectivity index (χ2n) is 6.37. The Labute approximate surface area is 127 Å². The Bertz CT molecular complexity index is 587. The maximum Gasteiger partial charge on any atom is 0.225 e. The molecule has 4 nitrogen and oxygen atoms in total. The summed E-state index contributed by atoms with van der Waals surface area (Å²) >= 11 is 0. The molecule has 2 rings (SSSR count). The molecule has 1 aromatic heterocycles. The molecule has 0 aliphatic rings. The van der Waals surface area contributed by atoms with E-state index in [4.69, 9.17) is 0 Å². The Hall–Kier alpha value is -2.10. The van der Waals surface area contributed by atoms with Gasteiger partial charge in [0.05, 0.1) is 0 Å². The molecule has 1 heterocycles. The van der Waals surface area contributed by atoms with Gasteiger partial charge in [-0.1, -0.05) is 30.3 Å². The minimum Gasteiger partial charge on any atom is -0.363 e. The van der Waals surface area contributed by atoms with Crippen LogP contribution in [0.4, 0.5) is 11.8 Å². The highest BCUT2D eigenvalue weighted by atomic mass is 15.2. The molecular formula is C17H24N4. The third kappa shape index (κ3) is 4.74. The molecule has 0 radical (unpaired) electrons. The summed E-state index contributed by atoms with van der Waals surface area (Å²) in [6.07, 6.45) is 0. The number of rotatable bonds is 4. The van der Waals surface area contributed by atoms with Gasteiger partial charge in [-0.05, 0) is 40.2 Å². The molecule has 0 fully saturated rings. The topological polar surface area (TPSA) is 49.8 Å². The van der Waals surface area contributed by atoms with Gasteiger partial charge in [0, 0.05) is 23.3 Å². The lowest BCUT2D eigenvalue weighted by molar-refractivity contribution is 0.625. The van der Waals surface area contributed by atoms with Crippen molar-refractivity contribution in [3.05, 3.63) is 47.7 Å². The Balaban J connectivity index is 2.16. The number of nitrogens with zero attached hydrogens (tertiary/aromatic N) is 2. The van der Waals surface area contributed by atoms with E-state index in [-0.39, 0.29) is 11.6 Å². The molecule has 112 valence electrons. The van der Waals surface area contributed by atoms with E-state index in [0.717, 1.165) is 11.5 Å². The molecule has 4 heteroatoms. The second-order valence-corrected chi connectivity index (χ2v) is 6.37. The third-order valence-electron chi connectivity index (χ3n) is 3.00. The van der Waals surface area contributed by atoms with Gasteiger partial charge in [-0.2, -0.15) is 4.98 Å². The quantitative estimate of drug-likeness (QED) is 0.884. The molecule has 2 aromatic rings. The van der Waals surface area contributed by atoms with Gasteiger partial charge in [0.25, 0.3) is 0 Å². The van der Waals surface area contributed by atoms with Crippen LogP contribution in [-0.2, 0) is 0 Å². The number of benzene rings is 1. The van der Waals surface area contributed by atoms with E-state index in [0.29, 0.717) is 5.95 Å². The standard InChI is InChI=1S/C17H24N4/c1-12-11-15(20-16(18-12)21-17(3,4)5)19-13(2)14-9-7-6-8-10-14/h6-11,13H,1-5H3,(H2,18,19,20,21).